The summed E-state index contributed by atoms with van der Waals surface area (Å²) in [6, 6.07) is 3.68. The van der Waals surface area contributed by atoms with Crippen molar-refractivity contribution in [1.82, 2.24) is 39.4 Å². The van der Waals surface area contributed by atoms with Gasteiger partial charge in [-0.05, 0) is 33.0 Å². The fourth-order valence-corrected chi connectivity index (χ4v) is 4.20. The highest BCUT2D eigenvalue weighted by Gasteiger charge is 2.22. The van der Waals surface area contributed by atoms with E-state index < -0.39 is 0 Å². The number of nitrogens with one attached hydrogen (secondary N) is 1. The van der Waals surface area contributed by atoms with Crippen LogP contribution in [-0.4, -0.2) is 79.4 Å². The van der Waals surface area contributed by atoms with E-state index in [1.165, 1.54) is 0 Å². The van der Waals surface area contributed by atoms with E-state index in [0.29, 0.717) is 60.5 Å². The predicted octanol–water partition coefficient (Wildman–Crippen LogP) is 4.03. The Bertz CT molecular complexity index is 1450. The van der Waals surface area contributed by atoms with Crippen molar-refractivity contribution in [2.75, 3.05) is 39.2 Å². The van der Waals surface area contributed by atoms with Crippen LogP contribution >= 0.6 is 0 Å². The summed E-state index contributed by atoms with van der Waals surface area (Å²) in [4.78, 5) is 16.0. The standard InChI is InChI=1S/C28H37N9O3/c1-18(2)17-39-27-22(16-37(34-27)11-10-35(4)5)20-14-30-25-13-23(20)40-19(3)8-12-38-28-21(15-31-36(28)6)26-29-9-7-24(32-25)33-26/h7,9,13-16,18-19H,8,10-12,17H2,1-6H3,(H,29,30,32,33)/t19-/m0/s1. The molecule has 1 atom stereocenters. The van der Waals surface area contributed by atoms with E-state index in [2.05, 4.69) is 39.1 Å². The summed E-state index contributed by atoms with van der Waals surface area (Å²) in [6.07, 6.45) is 7.71. The molecule has 0 radical (unpaired) electrons. The largest absolute Gasteiger partial charge is 0.490 e. The SMILES string of the molecule is CC(C)COc1nn(CCN(C)C)cc1-c1cnc2cc1O[C@@H](C)CCOc1c(cnn1C)-c1nccc(n1)N2. The van der Waals surface area contributed by atoms with Crippen LogP contribution in [0, 0.1) is 5.92 Å². The molecule has 4 bridgehead atoms. The number of aromatic nitrogens is 7. The minimum atomic E-state index is -0.147. The number of nitrogens with zero attached hydrogens (tertiary/aromatic N) is 8. The number of hydrogen-bond acceptors (Lipinski definition) is 10. The normalized spacial score (nSPS) is 15.2. The zero-order valence-electron chi connectivity index (χ0n) is 24.0. The molecule has 40 heavy (non-hydrogen) atoms. The van der Waals surface area contributed by atoms with E-state index in [0.717, 1.165) is 29.8 Å². The molecule has 4 aromatic rings. The summed E-state index contributed by atoms with van der Waals surface area (Å²) < 4.78 is 22.4. The van der Waals surface area contributed by atoms with Crippen molar-refractivity contribution in [2.24, 2.45) is 13.0 Å². The zero-order valence-corrected chi connectivity index (χ0v) is 24.0. The van der Waals surface area contributed by atoms with Gasteiger partial charge >= 0.3 is 0 Å². The average molecular weight is 548 g/mol. The average Bonchev–Trinajstić information content (AvgIpc) is 3.49. The first-order valence-electron chi connectivity index (χ1n) is 13.5. The van der Waals surface area contributed by atoms with Crippen molar-refractivity contribution < 1.29 is 14.2 Å². The van der Waals surface area contributed by atoms with Crippen molar-refractivity contribution in [3.63, 3.8) is 0 Å². The second kappa shape index (κ2) is 11.9. The molecule has 212 valence electrons. The number of ether oxygens (including phenoxy) is 3. The monoisotopic (exact) mass is 547 g/mol. The molecule has 0 unspecified atom stereocenters. The second-order valence-corrected chi connectivity index (χ2v) is 10.6. The lowest BCUT2D eigenvalue weighted by molar-refractivity contribution is 0.173. The highest BCUT2D eigenvalue weighted by molar-refractivity contribution is 5.75. The summed E-state index contributed by atoms with van der Waals surface area (Å²) >= 11 is 0. The van der Waals surface area contributed by atoms with Crippen LogP contribution in [0.2, 0.25) is 0 Å². The summed E-state index contributed by atoms with van der Waals surface area (Å²) in [5, 5.41) is 12.4. The lowest BCUT2D eigenvalue weighted by atomic mass is 10.1. The zero-order chi connectivity index (χ0) is 28.2. The fraction of sp³-hybridized carbons (Fsp3) is 0.464. The Kier molecular flexibility index (Phi) is 8.15. The minimum Gasteiger partial charge on any atom is -0.490 e. The lowest BCUT2D eigenvalue weighted by Crippen LogP contribution is -2.18. The molecule has 0 aromatic carbocycles. The van der Waals surface area contributed by atoms with Gasteiger partial charge in [-0.15, -0.1) is 5.10 Å². The minimum absolute atomic E-state index is 0.147. The highest BCUT2D eigenvalue weighted by atomic mass is 16.5. The number of hydrogen-bond donors (Lipinski definition) is 1. The maximum atomic E-state index is 6.51. The van der Waals surface area contributed by atoms with E-state index in [1.807, 2.05) is 45.0 Å². The first-order valence-corrected chi connectivity index (χ1v) is 13.5. The smallest absolute Gasteiger partial charge is 0.240 e. The van der Waals surface area contributed by atoms with E-state index in [4.69, 9.17) is 24.3 Å². The van der Waals surface area contributed by atoms with Crippen LogP contribution in [0.4, 0.5) is 11.6 Å². The molecule has 0 saturated heterocycles. The van der Waals surface area contributed by atoms with Crippen LogP contribution in [0.1, 0.15) is 27.2 Å². The topological polar surface area (TPSA) is 117 Å². The van der Waals surface area contributed by atoms with Crippen LogP contribution in [0.25, 0.3) is 22.5 Å². The molecule has 0 amide bonds. The van der Waals surface area contributed by atoms with Gasteiger partial charge in [0, 0.05) is 50.2 Å². The van der Waals surface area contributed by atoms with Gasteiger partial charge < -0.3 is 24.4 Å². The number of anilines is 2. The third-order valence-corrected chi connectivity index (χ3v) is 6.34. The van der Waals surface area contributed by atoms with Crippen LogP contribution < -0.4 is 19.5 Å². The third-order valence-electron chi connectivity index (χ3n) is 6.34. The van der Waals surface area contributed by atoms with Crippen LogP contribution in [-0.2, 0) is 13.6 Å². The fourth-order valence-electron chi connectivity index (χ4n) is 4.20. The molecule has 12 nitrogen and oxygen atoms in total. The number of pyridine rings is 1. The first kappa shape index (κ1) is 27.4. The van der Waals surface area contributed by atoms with Gasteiger partial charge in [-0.1, -0.05) is 13.8 Å². The number of likely N-dealkylation sites (N-methyl/N-ethyl adjacent to an activating group) is 1. The Balaban J connectivity index is 1.53. The molecule has 1 aliphatic rings. The van der Waals surface area contributed by atoms with Gasteiger partial charge in [0.2, 0.25) is 11.8 Å². The Morgan fingerprint density at radius 1 is 1.15 bits per heavy atom. The second-order valence-electron chi connectivity index (χ2n) is 10.6. The van der Waals surface area contributed by atoms with E-state index in [-0.39, 0.29) is 6.10 Å². The molecule has 0 saturated carbocycles. The molecule has 0 spiro atoms. The molecule has 1 aliphatic heterocycles. The van der Waals surface area contributed by atoms with Gasteiger partial charge in [0.15, 0.2) is 5.82 Å². The molecule has 5 heterocycles. The highest BCUT2D eigenvalue weighted by Crippen LogP contribution is 2.38. The van der Waals surface area contributed by atoms with E-state index in [1.54, 1.807) is 29.3 Å². The quantitative estimate of drug-likeness (QED) is 0.363. The first-order chi connectivity index (χ1) is 19.3. The van der Waals surface area contributed by atoms with Gasteiger partial charge in [0.25, 0.3) is 0 Å². The Hall–Kier alpha value is -4.19. The number of rotatable bonds is 7. The lowest BCUT2D eigenvalue weighted by Gasteiger charge is -2.19. The molecule has 1 N–H and O–H groups in total. The molecule has 5 rings (SSSR count). The number of aryl methyl sites for hydroxylation is 1. The summed E-state index contributed by atoms with van der Waals surface area (Å²) in [5.41, 5.74) is 2.36. The van der Waals surface area contributed by atoms with Crippen LogP contribution in [0.3, 0.4) is 0 Å². The van der Waals surface area contributed by atoms with Gasteiger partial charge in [-0.3, -0.25) is 4.68 Å². The van der Waals surface area contributed by atoms with Crippen molar-refractivity contribution in [1.29, 1.82) is 0 Å². The van der Waals surface area contributed by atoms with Crippen molar-refractivity contribution in [2.45, 2.75) is 39.8 Å². The van der Waals surface area contributed by atoms with E-state index >= 15 is 0 Å². The maximum Gasteiger partial charge on any atom is 0.240 e. The van der Waals surface area contributed by atoms with Gasteiger partial charge in [-0.2, -0.15) is 5.10 Å². The van der Waals surface area contributed by atoms with Gasteiger partial charge in [0.1, 0.15) is 22.9 Å². The van der Waals surface area contributed by atoms with Crippen LogP contribution in [0.15, 0.2) is 36.9 Å². The summed E-state index contributed by atoms with van der Waals surface area (Å²) in [7, 11) is 5.92. The van der Waals surface area contributed by atoms with Crippen molar-refractivity contribution >= 4 is 11.6 Å². The Labute approximate surface area is 234 Å². The Morgan fingerprint density at radius 2 is 2.00 bits per heavy atom. The van der Waals surface area contributed by atoms with Gasteiger partial charge in [-0.25, -0.2) is 19.6 Å². The molecular weight excluding hydrogens is 510 g/mol. The van der Waals surface area contributed by atoms with Crippen molar-refractivity contribution in [3.8, 4) is 40.0 Å². The number of fused-ring (bicyclic) bond motifs is 6. The summed E-state index contributed by atoms with van der Waals surface area (Å²) in [5.74, 6) is 3.90. The predicted molar refractivity (Wildman–Crippen MR) is 152 cm³/mol. The summed E-state index contributed by atoms with van der Waals surface area (Å²) in [6.45, 7) is 8.83. The van der Waals surface area contributed by atoms with Gasteiger partial charge in [0.05, 0.1) is 37.6 Å². The molecule has 4 aromatic heterocycles. The Morgan fingerprint density at radius 3 is 2.80 bits per heavy atom. The molecule has 0 aliphatic carbocycles. The maximum absolute atomic E-state index is 6.51. The molecule has 12 heteroatoms. The van der Waals surface area contributed by atoms with Crippen molar-refractivity contribution in [3.05, 3.63) is 36.9 Å². The van der Waals surface area contributed by atoms with E-state index in [9.17, 15) is 0 Å². The molecular formula is C28H37N9O3. The van der Waals surface area contributed by atoms with Crippen LogP contribution in [0.5, 0.6) is 17.5 Å². The third kappa shape index (κ3) is 6.33. The molecule has 0 fully saturated rings.